The average molecular weight is 325 g/mol. The molecule has 5 rings (SSSR count). The van der Waals surface area contributed by atoms with E-state index in [0.29, 0.717) is 5.92 Å². The van der Waals surface area contributed by atoms with E-state index in [1.165, 1.54) is 29.8 Å². The number of nitrogens with zero attached hydrogens (tertiary/aromatic N) is 5. The number of likely N-dealkylation sites (tertiary alicyclic amines) is 1. The van der Waals surface area contributed by atoms with Gasteiger partial charge in [-0.3, -0.25) is 14.4 Å². The normalized spacial score (nSPS) is 20.2. The summed E-state index contributed by atoms with van der Waals surface area (Å²) >= 11 is 0. The van der Waals surface area contributed by atoms with Gasteiger partial charge in [-0.15, -0.1) is 0 Å². The molecule has 1 aliphatic carbocycles. The van der Waals surface area contributed by atoms with Gasteiger partial charge in [0.2, 0.25) is 0 Å². The zero-order valence-electron chi connectivity index (χ0n) is 13.9. The summed E-state index contributed by atoms with van der Waals surface area (Å²) in [7, 11) is 0. The van der Waals surface area contributed by atoms with Gasteiger partial charge in [-0.25, -0.2) is 4.68 Å². The molecule has 6 nitrogen and oxygen atoms in total. The van der Waals surface area contributed by atoms with E-state index >= 15 is 0 Å². The van der Waals surface area contributed by atoms with Crippen LogP contribution in [0.15, 0.2) is 16.9 Å². The van der Waals surface area contributed by atoms with Gasteiger partial charge in [0.1, 0.15) is 0 Å². The minimum atomic E-state index is 0.0691. The zero-order valence-corrected chi connectivity index (χ0v) is 13.9. The second-order valence-electron chi connectivity index (χ2n) is 7.50. The molecule has 0 radical (unpaired) electrons. The largest absolute Gasteiger partial charge is 0.297 e. The Hall–Kier alpha value is -1.95. The first-order chi connectivity index (χ1) is 11.7. The highest BCUT2D eigenvalue weighted by Crippen LogP contribution is 2.22. The minimum Gasteiger partial charge on any atom is -0.297 e. The molecule has 126 valence electrons. The van der Waals surface area contributed by atoms with Gasteiger partial charge < -0.3 is 0 Å². The monoisotopic (exact) mass is 325 g/mol. The first-order valence-corrected chi connectivity index (χ1v) is 9.12. The molecule has 6 heteroatoms. The van der Waals surface area contributed by atoms with Crippen molar-refractivity contribution in [3.8, 4) is 0 Å². The van der Waals surface area contributed by atoms with Crippen LogP contribution >= 0.6 is 0 Å². The van der Waals surface area contributed by atoms with E-state index in [4.69, 9.17) is 0 Å². The Labute approximate surface area is 141 Å². The Morgan fingerprint density at radius 2 is 2.00 bits per heavy atom. The van der Waals surface area contributed by atoms with Gasteiger partial charge in [0.15, 0.2) is 0 Å². The van der Waals surface area contributed by atoms with Crippen LogP contribution in [0.5, 0.6) is 0 Å². The van der Waals surface area contributed by atoms with E-state index in [0.717, 1.165) is 57.7 Å². The third-order valence-electron chi connectivity index (χ3n) is 5.59. The van der Waals surface area contributed by atoms with Crippen molar-refractivity contribution in [1.29, 1.82) is 0 Å². The number of rotatable bonds is 4. The highest BCUT2D eigenvalue weighted by molar-refractivity contribution is 5.22. The first-order valence-electron chi connectivity index (χ1n) is 9.12. The molecular formula is C18H23N5O. The van der Waals surface area contributed by atoms with Crippen molar-refractivity contribution < 1.29 is 0 Å². The quantitative estimate of drug-likeness (QED) is 0.842. The standard InChI is InChI=1S/C18H23N5O/c24-18-7-14-3-1-5-17(14)20-23(18)11-13-9-21(10-13)12-15-8-16-4-2-6-22(16)19-15/h7-8,13H,1-6,9-12H2. The molecule has 0 N–H and O–H groups in total. The van der Waals surface area contributed by atoms with Crippen LogP contribution < -0.4 is 5.56 Å². The molecule has 0 bridgehead atoms. The predicted molar refractivity (Wildman–Crippen MR) is 89.8 cm³/mol. The molecule has 1 fully saturated rings. The fraction of sp³-hybridized carbons (Fsp3) is 0.611. The van der Waals surface area contributed by atoms with Crippen LogP contribution in [0.1, 0.15) is 35.5 Å². The zero-order chi connectivity index (χ0) is 16.1. The van der Waals surface area contributed by atoms with Crippen LogP contribution in [0.4, 0.5) is 0 Å². The maximum Gasteiger partial charge on any atom is 0.267 e. The molecule has 0 spiro atoms. The molecule has 2 aromatic heterocycles. The van der Waals surface area contributed by atoms with Gasteiger partial charge in [0.05, 0.1) is 17.9 Å². The lowest BCUT2D eigenvalue weighted by atomic mass is 10.00. The molecule has 3 aliphatic rings. The molecular weight excluding hydrogens is 302 g/mol. The number of fused-ring (bicyclic) bond motifs is 2. The smallest absolute Gasteiger partial charge is 0.267 e. The lowest BCUT2D eigenvalue weighted by Crippen LogP contribution is -2.49. The van der Waals surface area contributed by atoms with E-state index < -0.39 is 0 Å². The highest BCUT2D eigenvalue weighted by atomic mass is 16.1. The highest BCUT2D eigenvalue weighted by Gasteiger charge is 2.29. The van der Waals surface area contributed by atoms with Crippen molar-refractivity contribution in [2.75, 3.05) is 13.1 Å². The average Bonchev–Trinajstić information content (AvgIpc) is 3.20. The number of aryl methyl sites for hydroxylation is 4. The van der Waals surface area contributed by atoms with Crippen molar-refractivity contribution in [2.24, 2.45) is 5.92 Å². The summed E-state index contributed by atoms with van der Waals surface area (Å²) in [4.78, 5) is 14.6. The summed E-state index contributed by atoms with van der Waals surface area (Å²) in [5, 5.41) is 9.27. The Balaban J connectivity index is 1.19. The van der Waals surface area contributed by atoms with E-state index in [9.17, 15) is 4.79 Å². The molecule has 2 aliphatic heterocycles. The van der Waals surface area contributed by atoms with Crippen LogP contribution in [0.3, 0.4) is 0 Å². The number of aromatic nitrogens is 4. The molecule has 4 heterocycles. The van der Waals surface area contributed by atoms with Crippen LogP contribution in [0, 0.1) is 5.92 Å². The van der Waals surface area contributed by atoms with E-state index in [1.807, 2.05) is 0 Å². The Kier molecular flexibility index (Phi) is 3.33. The van der Waals surface area contributed by atoms with Crippen LogP contribution in [0.2, 0.25) is 0 Å². The van der Waals surface area contributed by atoms with Gasteiger partial charge in [-0.2, -0.15) is 10.2 Å². The summed E-state index contributed by atoms with van der Waals surface area (Å²) < 4.78 is 3.85. The molecule has 0 unspecified atom stereocenters. The Bertz CT molecular complexity index is 809. The van der Waals surface area contributed by atoms with Gasteiger partial charge >= 0.3 is 0 Å². The van der Waals surface area contributed by atoms with Crippen molar-refractivity contribution in [1.82, 2.24) is 24.5 Å². The molecule has 0 amide bonds. The predicted octanol–water partition coefficient (Wildman–Crippen LogP) is 1.01. The minimum absolute atomic E-state index is 0.0691. The molecule has 2 aromatic rings. The van der Waals surface area contributed by atoms with Crippen LogP contribution in [-0.2, 0) is 38.9 Å². The summed E-state index contributed by atoms with van der Waals surface area (Å²) in [5.74, 6) is 0.532. The molecule has 1 saturated heterocycles. The van der Waals surface area contributed by atoms with Crippen molar-refractivity contribution in [3.63, 3.8) is 0 Å². The van der Waals surface area contributed by atoms with Crippen LogP contribution in [-0.4, -0.2) is 37.6 Å². The molecule has 0 atom stereocenters. The summed E-state index contributed by atoms with van der Waals surface area (Å²) in [5.41, 5.74) is 4.95. The molecule has 0 aromatic carbocycles. The maximum absolute atomic E-state index is 12.2. The van der Waals surface area contributed by atoms with E-state index in [2.05, 4.69) is 25.8 Å². The van der Waals surface area contributed by atoms with Gasteiger partial charge in [0, 0.05) is 43.9 Å². The van der Waals surface area contributed by atoms with Gasteiger partial charge in [0.25, 0.3) is 5.56 Å². The third-order valence-corrected chi connectivity index (χ3v) is 5.59. The second kappa shape index (κ2) is 5.55. The SMILES string of the molecule is O=c1cc2c(nn1CC1CN(Cc3cc4n(n3)CCC4)C1)CCC2. The van der Waals surface area contributed by atoms with Gasteiger partial charge in [-0.1, -0.05) is 0 Å². The van der Waals surface area contributed by atoms with Crippen molar-refractivity contribution in [2.45, 2.75) is 51.7 Å². The molecule has 0 saturated carbocycles. The first kappa shape index (κ1) is 14.4. The number of hydrogen-bond acceptors (Lipinski definition) is 4. The summed E-state index contributed by atoms with van der Waals surface area (Å²) in [6.07, 6.45) is 5.58. The Morgan fingerprint density at radius 3 is 2.88 bits per heavy atom. The van der Waals surface area contributed by atoms with Crippen molar-refractivity contribution in [3.05, 3.63) is 45.1 Å². The van der Waals surface area contributed by atoms with E-state index in [1.54, 1.807) is 10.7 Å². The topological polar surface area (TPSA) is 56.0 Å². The lowest BCUT2D eigenvalue weighted by molar-refractivity contribution is 0.0750. The fourth-order valence-electron chi connectivity index (χ4n) is 4.36. The van der Waals surface area contributed by atoms with Gasteiger partial charge in [-0.05, 0) is 43.7 Å². The fourth-order valence-corrected chi connectivity index (χ4v) is 4.36. The van der Waals surface area contributed by atoms with E-state index in [-0.39, 0.29) is 5.56 Å². The lowest BCUT2D eigenvalue weighted by Gasteiger charge is -2.38. The summed E-state index contributed by atoms with van der Waals surface area (Å²) in [6.45, 7) is 4.83. The third kappa shape index (κ3) is 2.49. The second-order valence-corrected chi connectivity index (χ2v) is 7.50. The van der Waals surface area contributed by atoms with Crippen LogP contribution in [0.25, 0.3) is 0 Å². The Morgan fingerprint density at radius 1 is 1.08 bits per heavy atom. The van der Waals surface area contributed by atoms with Crippen molar-refractivity contribution >= 4 is 0 Å². The summed E-state index contributed by atoms with van der Waals surface area (Å²) in [6, 6.07) is 4.06. The number of hydrogen-bond donors (Lipinski definition) is 0. The molecule has 24 heavy (non-hydrogen) atoms. The maximum atomic E-state index is 12.2.